The van der Waals surface area contributed by atoms with E-state index >= 15 is 0 Å². The molecule has 0 spiro atoms. The number of carbonyl (C=O) groups is 2. The van der Waals surface area contributed by atoms with Gasteiger partial charge >= 0.3 is 24.4 Å². The van der Waals surface area contributed by atoms with Gasteiger partial charge in [-0.3, -0.25) is 9.69 Å². The van der Waals surface area contributed by atoms with Gasteiger partial charge in [0.25, 0.3) is 0 Å². The summed E-state index contributed by atoms with van der Waals surface area (Å²) in [5.74, 6) is -0.836. The third-order valence-corrected chi connectivity index (χ3v) is 8.04. The minimum absolute atomic E-state index is 0.0336. The number of amides is 1. The Bertz CT molecular complexity index is 1590. The molecule has 1 aliphatic rings. The summed E-state index contributed by atoms with van der Waals surface area (Å²) in [7, 11) is 3.07. The fraction of sp³-hybridized carbons (Fsp3) is 0.469. The lowest BCUT2D eigenvalue weighted by Crippen LogP contribution is -2.48. The number of carboxylic acid groups (broad SMARTS) is 1. The van der Waals surface area contributed by atoms with Crippen LogP contribution < -0.4 is 19.4 Å². The highest BCUT2D eigenvalue weighted by Gasteiger charge is 2.42. The average molecular weight is 699 g/mol. The third-order valence-electron chi connectivity index (χ3n) is 8.04. The number of rotatable bonds is 12. The highest BCUT2D eigenvalue weighted by Crippen LogP contribution is 2.44. The van der Waals surface area contributed by atoms with Crippen LogP contribution in [0.4, 0.5) is 48.5 Å². The van der Waals surface area contributed by atoms with E-state index in [2.05, 4.69) is 15.0 Å². The fourth-order valence-electron chi connectivity index (χ4n) is 5.63. The van der Waals surface area contributed by atoms with Crippen molar-refractivity contribution in [3.8, 4) is 5.88 Å². The highest BCUT2D eigenvalue weighted by atomic mass is 19.4. The molecule has 0 aliphatic carbocycles. The van der Waals surface area contributed by atoms with Gasteiger partial charge in [0.05, 0.1) is 60.3 Å². The first-order valence-corrected chi connectivity index (χ1v) is 15.4. The van der Waals surface area contributed by atoms with Crippen LogP contribution in [-0.4, -0.2) is 65.5 Å². The van der Waals surface area contributed by atoms with Gasteiger partial charge in [0.2, 0.25) is 11.8 Å². The maximum absolute atomic E-state index is 13.8. The summed E-state index contributed by atoms with van der Waals surface area (Å²) in [6, 6.07) is 3.11. The Morgan fingerprint density at radius 1 is 1.02 bits per heavy atom. The molecule has 1 aromatic carbocycles. The molecule has 17 heteroatoms. The van der Waals surface area contributed by atoms with Crippen LogP contribution in [0.25, 0.3) is 0 Å². The van der Waals surface area contributed by atoms with E-state index in [0.717, 1.165) is 0 Å². The van der Waals surface area contributed by atoms with Crippen molar-refractivity contribution in [3.63, 3.8) is 0 Å². The zero-order chi connectivity index (χ0) is 36.1. The summed E-state index contributed by atoms with van der Waals surface area (Å²) in [6.45, 7) is 3.41. The summed E-state index contributed by atoms with van der Waals surface area (Å²) >= 11 is 0. The zero-order valence-electron chi connectivity index (χ0n) is 27.2. The number of aliphatic carboxylic acids is 1. The summed E-state index contributed by atoms with van der Waals surface area (Å²) in [6.07, 6.45) is -7.11. The van der Waals surface area contributed by atoms with E-state index in [1.54, 1.807) is 24.9 Å². The van der Waals surface area contributed by atoms with Crippen molar-refractivity contribution in [1.82, 2.24) is 15.0 Å². The van der Waals surface area contributed by atoms with Gasteiger partial charge in [-0.15, -0.1) is 0 Å². The first kappa shape index (κ1) is 37.0. The fourth-order valence-corrected chi connectivity index (χ4v) is 5.63. The van der Waals surface area contributed by atoms with E-state index in [9.17, 15) is 35.9 Å². The van der Waals surface area contributed by atoms with E-state index in [4.69, 9.17) is 14.6 Å². The van der Waals surface area contributed by atoms with Gasteiger partial charge in [0.1, 0.15) is 0 Å². The molecule has 1 amide bonds. The zero-order valence-corrected chi connectivity index (χ0v) is 27.2. The van der Waals surface area contributed by atoms with E-state index in [1.807, 2.05) is 6.92 Å². The Morgan fingerprint density at radius 3 is 2.18 bits per heavy atom. The number of anilines is 3. The first-order chi connectivity index (χ1) is 23.1. The standard InChI is InChI=1S/C32H36F6N6O5/c1-5-22-15-25(28-24(9-10-26(41-28)48-4)44(22)30(47)49-6-2)43(29-39-16-23(17-40-29)42(3)11-7-8-27(45)46)18-19-12-20(31(33,34)35)14-21(13-19)32(36,37)38/h9-10,12-14,16-17,22,25H,5-8,11,15,18H2,1-4H3,(H,45,46)/t22-,25+/m1/s1. The number of fused-ring (bicyclic) bond motifs is 1. The largest absolute Gasteiger partial charge is 0.481 e. The van der Waals surface area contributed by atoms with Crippen LogP contribution in [0.5, 0.6) is 5.88 Å². The summed E-state index contributed by atoms with van der Waals surface area (Å²) in [5.41, 5.74) is -2.19. The molecule has 11 nitrogen and oxygen atoms in total. The molecule has 0 unspecified atom stereocenters. The molecule has 0 bridgehead atoms. The maximum atomic E-state index is 13.8. The number of carboxylic acids is 1. The number of aromatic nitrogens is 3. The van der Waals surface area contributed by atoms with Crippen molar-refractivity contribution in [2.45, 2.75) is 70.5 Å². The van der Waals surface area contributed by atoms with Crippen molar-refractivity contribution in [2.24, 2.45) is 0 Å². The quantitative estimate of drug-likeness (QED) is 0.196. The van der Waals surface area contributed by atoms with Gasteiger partial charge in [-0.1, -0.05) is 6.92 Å². The van der Waals surface area contributed by atoms with E-state index < -0.39 is 54.2 Å². The van der Waals surface area contributed by atoms with Crippen molar-refractivity contribution in [3.05, 3.63) is 65.1 Å². The van der Waals surface area contributed by atoms with Crippen LogP contribution in [0.2, 0.25) is 0 Å². The molecule has 0 saturated heterocycles. The van der Waals surface area contributed by atoms with E-state index in [-0.39, 0.29) is 48.6 Å². The van der Waals surface area contributed by atoms with Crippen LogP contribution >= 0.6 is 0 Å². The van der Waals surface area contributed by atoms with Crippen molar-refractivity contribution < 1.29 is 50.5 Å². The van der Waals surface area contributed by atoms with Gasteiger partial charge in [-0.2, -0.15) is 26.3 Å². The Kier molecular flexibility index (Phi) is 11.4. The normalized spacial score (nSPS) is 16.2. The second-order valence-electron chi connectivity index (χ2n) is 11.3. The smallest absolute Gasteiger partial charge is 0.416 e. The number of pyridine rings is 1. The molecular weight excluding hydrogens is 662 g/mol. The number of ether oxygens (including phenoxy) is 2. The maximum Gasteiger partial charge on any atom is 0.416 e. The van der Waals surface area contributed by atoms with Gasteiger partial charge in [0.15, 0.2) is 0 Å². The number of nitrogens with zero attached hydrogens (tertiary/aromatic N) is 6. The van der Waals surface area contributed by atoms with Crippen LogP contribution in [0.3, 0.4) is 0 Å². The molecule has 0 saturated carbocycles. The Morgan fingerprint density at radius 2 is 1.65 bits per heavy atom. The number of alkyl halides is 6. The molecule has 1 N–H and O–H groups in total. The van der Waals surface area contributed by atoms with Gasteiger partial charge in [0, 0.05) is 38.7 Å². The molecule has 2 atom stereocenters. The van der Waals surface area contributed by atoms with Crippen LogP contribution in [0, 0.1) is 0 Å². The molecular formula is C32H36F6N6O5. The van der Waals surface area contributed by atoms with Crippen LogP contribution in [0.15, 0.2) is 42.7 Å². The second-order valence-corrected chi connectivity index (χ2v) is 11.3. The van der Waals surface area contributed by atoms with Crippen LogP contribution in [-0.2, 0) is 28.4 Å². The van der Waals surface area contributed by atoms with Crippen LogP contribution in [0.1, 0.15) is 68.0 Å². The predicted molar refractivity (Wildman–Crippen MR) is 167 cm³/mol. The topological polar surface area (TPSA) is 121 Å². The molecule has 49 heavy (non-hydrogen) atoms. The Hall–Kier alpha value is -4.83. The van der Waals surface area contributed by atoms with Crippen molar-refractivity contribution in [1.29, 1.82) is 0 Å². The minimum atomic E-state index is -5.07. The number of methoxy groups -OCH3 is 1. The first-order valence-electron chi connectivity index (χ1n) is 15.4. The van der Waals surface area contributed by atoms with E-state index in [1.165, 1.54) is 35.4 Å². The second kappa shape index (κ2) is 15.2. The number of carbonyl (C=O) groups excluding carboxylic acids is 1. The molecule has 3 aromatic rings. The highest BCUT2D eigenvalue weighted by molar-refractivity contribution is 5.90. The van der Waals surface area contributed by atoms with Gasteiger partial charge in [-0.05, 0) is 56.0 Å². The average Bonchev–Trinajstić information content (AvgIpc) is 3.05. The molecule has 0 fully saturated rings. The third kappa shape index (κ3) is 8.80. The summed E-state index contributed by atoms with van der Waals surface area (Å²) in [5, 5.41) is 8.96. The lowest BCUT2D eigenvalue weighted by molar-refractivity contribution is -0.143. The van der Waals surface area contributed by atoms with Crippen molar-refractivity contribution in [2.75, 3.05) is 42.0 Å². The summed E-state index contributed by atoms with van der Waals surface area (Å²) in [4.78, 5) is 42.2. The Labute approximate surface area is 278 Å². The predicted octanol–water partition coefficient (Wildman–Crippen LogP) is 7.11. The van der Waals surface area contributed by atoms with Gasteiger partial charge in [-0.25, -0.2) is 19.7 Å². The van der Waals surface area contributed by atoms with Crippen molar-refractivity contribution >= 4 is 29.4 Å². The Balaban J connectivity index is 1.87. The lowest BCUT2D eigenvalue weighted by atomic mass is 9.92. The number of benzene rings is 1. The SMILES string of the molecule is CCOC(=O)N1c2ccc(OC)nc2[C@@H](N(Cc2cc(C(F)(F)F)cc(C(F)(F)F)c2)c2ncc(N(C)CCCC(=O)O)cn2)C[C@H]1CC. The minimum Gasteiger partial charge on any atom is -0.481 e. The molecule has 266 valence electrons. The number of hydrogen-bond acceptors (Lipinski definition) is 9. The lowest BCUT2D eigenvalue weighted by Gasteiger charge is -2.43. The number of halogens is 6. The molecule has 0 radical (unpaired) electrons. The summed E-state index contributed by atoms with van der Waals surface area (Å²) < 4.78 is 93.7. The molecule has 1 aliphatic heterocycles. The molecule has 4 rings (SSSR count). The molecule has 3 heterocycles. The van der Waals surface area contributed by atoms with E-state index in [0.29, 0.717) is 42.9 Å². The number of hydrogen-bond donors (Lipinski definition) is 1. The monoisotopic (exact) mass is 698 g/mol. The van der Waals surface area contributed by atoms with Gasteiger partial charge < -0.3 is 24.4 Å². The molecule has 2 aromatic heterocycles.